The van der Waals surface area contributed by atoms with E-state index in [1.807, 2.05) is 0 Å². The number of ether oxygens (including phenoxy) is 1. The molecule has 1 aliphatic rings. The highest BCUT2D eigenvalue weighted by Gasteiger charge is 2.34. The number of anilines is 1. The molecule has 126 valence electrons. The van der Waals surface area contributed by atoms with Gasteiger partial charge in [0.05, 0.1) is 18.7 Å². The summed E-state index contributed by atoms with van der Waals surface area (Å²) in [6, 6.07) is 2.10. The highest BCUT2D eigenvalue weighted by atomic mass is 19.2. The number of likely N-dealkylation sites (tertiary alicyclic amines) is 1. The summed E-state index contributed by atoms with van der Waals surface area (Å²) < 4.78 is 45.5. The first-order chi connectivity index (χ1) is 11.5. The first kappa shape index (κ1) is 16.0. The normalized spacial score (nSPS) is 14.2. The van der Waals surface area contributed by atoms with E-state index in [0.717, 1.165) is 7.11 Å². The number of hydrogen-bond acceptors (Lipinski definition) is 5. The Morgan fingerprint density at radius 2 is 1.92 bits per heavy atom. The zero-order valence-electron chi connectivity index (χ0n) is 12.6. The maximum absolute atomic E-state index is 14.1. The summed E-state index contributed by atoms with van der Waals surface area (Å²) in [5, 5.41) is 3.00. The van der Waals surface area contributed by atoms with Gasteiger partial charge in [0, 0.05) is 25.5 Å². The molecule has 0 saturated carbocycles. The monoisotopic (exact) mass is 338 g/mol. The fraction of sp³-hybridized carbons (Fsp3) is 0.267. The number of benzene rings is 1. The first-order valence-electron chi connectivity index (χ1n) is 7.05. The van der Waals surface area contributed by atoms with E-state index in [0.29, 0.717) is 12.0 Å². The summed E-state index contributed by atoms with van der Waals surface area (Å²) >= 11 is 0. The van der Waals surface area contributed by atoms with E-state index in [1.165, 1.54) is 4.90 Å². The van der Waals surface area contributed by atoms with Crippen molar-refractivity contribution in [2.24, 2.45) is 0 Å². The van der Waals surface area contributed by atoms with Gasteiger partial charge in [0.15, 0.2) is 17.4 Å². The van der Waals surface area contributed by atoms with E-state index in [1.54, 1.807) is 18.5 Å². The lowest BCUT2D eigenvalue weighted by atomic mass is 10.1. The van der Waals surface area contributed by atoms with Crippen molar-refractivity contribution in [3.63, 3.8) is 0 Å². The minimum Gasteiger partial charge on any atom is -0.491 e. The molecule has 3 rings (SSSR count). The van der Waals surface area contributed by atoms with Crippen LogP contribution >= 0.6 is 0 Å². The van der Waals surface area contributed by atoms with E-state index in [9.17, 15) is 18.0 Å². The topological polar surface area (TPSA) is 67.3 Å². The van der Waals surface area contributed by atoms with Gasteiger partial charge in [0.2, 0.25) is 11.8 Å². The average Bonchev–Trinajstić information content (AvgIpc) is 2.55. The van der Waals surface area contributed by atoms with Crippen LogP contribution in [0, 0.1) is 17.5 Å². The van der Waals surface area contributed by atoms with Crippen LogP contribution < -0.4 is 10.1 Å². The Kier molecular flexibility index (Phi) is 4.24. The zero-order chi connectivity index (χ0) is 17.3. The molecule has 9 heteroatoms. The summed E-state index contributed by atoms with van der Waals surface area (Å²) in [6.07, 6.45) is 3.14. The van der Waals surface area contributed by atoms with Crippen LogP contribution in [0.5, 0.6) is 5.75 Å². The zero-order valence-corrected chi connectivity index (χ0v) is 12.6. The van der Waals surface area contributed by atoms with Crippen LogP contribution in [0.15, 0.2) is 24.5 Å². The SMILES string of the molecule is COc1c(F)c(F)cc(C(=O)N2CC(Nc3ncccn3)C2)c1F. The van der Waals surface area contributed by atoms with E-state index in [4.69, 9.17) is 0 Å². The van der Waals surface area contributed by atoms with Gasteiger partial charge in [-0.1, -0.05) is 0 Å². The Labute approximate surface area is 135 Å². The molecule has 0 unspecified atom stereocenters. The fourth-order valence-electron chi connectivity index (χ4n) is 2.38. The van der Waals surface area contributed by atoms with Crippen molar-refractivity contribution in [3.8, 4) is 5.75 Å². The maximum Gasteiger partial charge on any atom is 0.257 e. The van der Waals surface area contributed by atoms with Gasteiger partial charge >= 0.3 is 0 Å². The highest BCUT2D eigenvalue weighted by molar-refractivity contribution is 5.95. The molecule has 0 bridgehead atoms. The van der Waals surface area contributed by atoms with Gasteiger partial charge in [0.25, 0.3) is 5.91 Å². The van der Waals surface area contributed by atoms with Crippen LogP contribution in [0.4, 0.5) is 19.1 Å². The van der Waals surface area contributed by atoms with Crippen molar-refractivity contribution in [1.29, 1.82) is 0 Å². The van der Waals surface area contributed by atoms with Crippen LogP contribution in [0.3, 0.4) is 0 Å². The van der Waals surface area contributed by atoms with Crippen molar-refractivity contribution < 1.29 is 22.7 Å². The van der Waals surface area contributed by atoms with Crippen molar-refractivity contribution in [1.82, 2.24) is 14.9 Å². The Bertz CT molecular complexity index is 767. The van der Waals surface area contributed by atoms with Gasteiger partial charge in [-0.3, -0.25) is 4.79 Å². The molecule has 1 aliphatic heterocycles. The predicted molar refractivity (Wildman–Crippen MR) is 78.2 cm³/mol. The third-order valence-electron chi connectivity index (χ3n) is 3.62. The van der Waals surface area contributed by atoms with Gasteiger partial charge in [-0.15, -0.1) is 0 Å². The van der Waals surface area contributed by atoms with Crippen molar-refractivity contribution in [2.75, 3.05) is 25.5 Å². The minimum atomic E-state index is -1.46. The van der Waals surface area contributed by atoms with Crippen LogP contribution in [0.2, 0.25) is 0 Å². The number of hydrogen-bond donors (Lipinski definition) is 1. The van der Waals surface area contributed by atoms with E-state index < -0.39 is 34.7 Å². The molecule has 1 saturated heterocycles. The van der Waals surface area contributed by atoms with Gasteiger partial charge in [0.1, 0.15) is 0 Å². The van der Waals surface area contributed by atoms with Crippen LogP contribution in [0.1, 0.15) is 10.4 Å². The summed E-state index contributed by atoms with van der Waals surface area (Å²) in [5.41, 5.74) is -0.569. The molecule has 1 fully saturated rings. The van der Waals surface area contributed by atoms with Gasteiger partial charge in [-0.05, 0) is 12.1 Å². The second kappa shape index (κ2) is 6.34. The van der Waals surface area contributed by atoms with Crippen molar-refractivity contribution in [3.05, 3.63) is 47.5 Å². The Hall–Kier alpha value is -2.84. The molecule has 1 aromatic carbocycles. The Balaban J connectivity index is 1.70. The number of nitrogens with zero attached hydrogens (tertiary/aromatic N) is 3. The van der Waals surface area contributed by atoms with Crippen molar-refractivity contribution >= 4 is 11.9 Å². The van der Waals surface area contributed by atoms with E-state index in [2.05, 4.69) is 20.0 Å². The molecular weight excluding hydrogens is 325 g/mol. The number of rotatable bonds is 4. The second-order valence-corrected chi connectivity index (χ2v) is 5.19. The molecule has 24 heavy (non-hydrogen) atoms. The molecule has 0 radical (unpaired) electrons. The molecular formula is C15H13F3N4O2. The predicted octanol–water partition coefficient (Wildman–Crippen LogP) is 1.84. The Morgan fingerprint density at radius 1 is 1.25 bits per heavy atom. The van der Waals surface area contributed by atoms with Gasteiger partial charge < -0.3 is 15.0 Å². The number of nitrogens with one attached hydrogen (secondary N) is 1. The molecule has 2 heterocycles. The smallest absolute Gasteiger partial charge is 0.257 e. The van der Waals surface area contributed by atoms with Crippen LogP contribution in [-0.4, -0.2) is 47.0 Å². The molecule has 0 atom stereocenters. The lowest BCUT2D eigenvalue weighted by molar-refractivity contribution is 0.0618. The van der Waals surface area contributed by atoms with E-state index >= 15 is 0 Å². The number of carbonyl (C=O) groups excluding carboxylic acids is 1. The standard InChI is InChI=1S/C15H13F3N4O2/c1-24-13-11(17)9(5-10(16)12(13)18)14(23)22-6-8(7-22)21-15-19-3-2-4-20-15/h2-5,8H,6-7H2,1H3,(H,19,20,21). The molecule has 0 aliphatic carbocycles. The molecule has 0 spiro atoms. The maximum atomic E-state index is 14.1. The van der Waals surface area contributed by atoms with Gasteiger partial charge in [-0.25, -0.2) is 18.7 Å². The summed E-state index contributed by atoms with van der Waals surface area (Å²) in [5.74, 6) is -5.26. The minimum absolute atomic E-state index is 0.105. The average molecular weight is 338 g/mol. The molecule has 2 aromatic rings. The quantitative estimate of drug-likeness (QED) is 0.862. The lowest BCUT2D eigenvalue weighted by Crippen LogP contribution is -2.57. The second-order valence-electron chi connectivity index (χ2n) is 5.19. The third-order valence-corrected chi connectivity index (χ3v) is 3.62. The molecule has 1 amide bonds. The molecule has 1 N–H and O–H groups in total. The first-order valence-corrected chi connectivity index (χ1v) is 7.05. The number of amides is 1. The van der Waals surface area contributed by atoms with Crippen molar-refractivity contribution in [2.45, 2.75) is 6.04 Å². The highest BCUT2D eigenvalue weighted by Crippen LogP contribution is 2.28. The fourth-order valence-corrected chi connectivity index (χ4v) is 2.38. The van der Waals surface area contributed by atoms with Crippen LogP contribution in [0.25, 0.3) is 0 Å². The molecule has 6 nitrogen and oxygen atoms in total. The number of halogens is 3. The van der Waals surface area contributed by atoms with E-state index in [-0.39, 0.29) is 19.1 Å². The largest absolute Gasteiger partial charge is 0.491 e. The lowest BCUT2D eigenvalue weighted by Gasteiger charge is -2.39. The number of methoxy groups -OCH3 is 1. The van der Waals surface area contributed by atoms with Gasteiger partial charge in [-0.2, -0.15) is 4.39 Å². The van der Waals surface area contributed by atoms with Crippen LogP contribution in [-0.2, 0) is 0 Å². The summed E-state index contributed by atoms with van der Waals surface area (Å²) in [4.78, 5) is 21.5. The summed E-state index contributed by atoms with van der Waals surface area (Å²) in [6.45, 7) is 0.523. The summed E-state index contributed by atoms with van der Waals surface area (Å²) in [7, 11) is 0.999. The number of carbonyl (C=O) groups is 1. The molecule has 1 aromatic heterocycles. The Morgan fingerprint density at radius 3 is 2.54 bits per heavy atom. The third kappa shape index (κ3) is 2.84. The number of aromatic nitrogens is 2.